The first-order valence-corrected chi connectivity index (χ1v) is 10.8. The van der Waals surface area contributed by atoms with E-state index in [4.69, 9.17) is 15.6 Å². The number of anilines is 4. The van der Waals surface area contributed by atoms with Crippen molar-refractivity contribution in [1.29, 1.82) is 0 Å². The van der Waals surface area contributed by atoms with Crippen LogP contribution in [0, 0.1) is 5.92 Å². The normalized spacial score (nSPS) is 18.9. The van der Waals surface area contributed by atoms with Crippen LogP contribution in [-0.2, 0) is 4.79 Å². The van der Waals surface area contributed by atoms with Gasteiger partial charge in [-0.3, -0.25) is 15.0 Å². The predicted octanol–water partition coefficient (Wildman–Crippen LogP) is 2.19. The molecule has 1 aromatic heterocycles. The van der Waals surface area contributed by atoms with E-state index < -0.39 is 5.91 Å². The summed E-state index contributed by atoms with van der Waals surface area (Å²) < 4.78 is 5.43. The van der Waals surface area contributed by atoms with Gasteiger partial charge < -0.3 is 19.9 Å². The van der Waals surface area contributed by atoms with Gasteiger partial charge in [-0.2, -0.15) is 4.98 Å². The Hall–Kier alpha value is -3.40. The summed E-state index contributed by atoms with van der Waals surface area (Å²) in [4.78, 5) is 37.8. The van der Waals surface area contributed by atoms with Crippen molar-refractivity contribution in [3.8, 4) is 5.75 Å². The van der Waals surface area contributed by atoms with Crippen LogP contribution in [0.5, 0.6) is 5.75 Å². The number of benzene rings is 1. The van der Waals surface area contributed by atoms with E-state index in [0.717, 1.165) is 18.7 Å². The Morgan fingerprint density at radius 3 is 2.72 bits per heavy atom. The van der Waals surface area contributed by atoms with Crippen molar-refractivity contribution in [2.24, 2.45) is 11.8 Å². The number of nitrogens with two attached hydrogens (primary N) is 1. The van der Waals surface area contributed by atoms with E-state index in [9.17, 15) is 9.59 Å². The molecule has 32 heavy (non-hydrogen) atoms. The third kappa shape index (κ3) is 4.05. The average molecular weight is 440 g/mol. The Morgan fingerprint density at radius 1 is 1.28 bits per heavy atom. The highest BCUT2D eigenvalue weighted by Crippen LogP contribution is 2.37. The van der Waals surface area contributed by atoms with Crippen LogP contribution in [0.1, 0.15) is 43.0 Å². The lowest BCUT2D eigenvalue weighted by Gasteiger charge is -2.31. The summed E-state index contributed by atoms with van der Waals surface area (Å²) in [6.45, 7) is 2.59. The maximum absolute atomic E-state index is 12.8. The zero-order valence-corrected chi connectivity index (χ0v) is 18.6. The first kappa shape index (κ1) is 21.8. The van der Waals surface area contributed by atoms with Crippen LogP contribution in [-0.4, -0.2) is 48.5 Å². The largest absolute Gasteiger partial charge is 0.495 e. The molecular formula is C22H29N7O3. The number of hydrazine groups is 1. The summed E-state index contributed by atoms with van der Waals surface area (Å²) in [5.41, 5.74) is 3.80. The smallest absolute Gasteiger partial charge is 0.265 e. The van der Waals surface area contributed by atoms with Crippen LogP contribution < -0.4 is 31.1 Å². The maximum atomic E-state index is 12.8. The number of aromatic nitrogens is 2. The number of hydrogen-bond acceptors (Lipinski definition) is 8. The molecule has 0 saturated heterocycles. The molecule has 0 radical (unpaired) electrons. The SMILES string of the molecule is COc1cc(C(=O)NN)ccc1Nc1ncc2c(n1)N(C1CCCC1)CC(C)C(=O)N2C. The second-order valence-corrected chi connectivity index (χ2v) is 8.30. The van der Waals surface area contributed by atoms with E-state index in [2.05, 4.69) is 20.6 Å². The number of methoxy groups -OCH3 is 1. The van der Waals surface area contributed by atoms with E-state index >= 15 is 0 Å². The lowest BCUT2D eigenvalue weighted by molar-refractivity contribution is -0.121. The molecular weight excluding hydrogens is 410 g/mol. The number of fused-ring (bicyclic) bond motifs is 1. The molecule has 1 atom stereocenters. The lowest BCUT2D eigenvalue weighted by Crippen LogP contribution is -2.38. The number of rotatable bonds is 5. The van der Waals surface area contributed by atoms with Gasteiger partial charge in [0, 0.05) is 25.2 Å². The minimum absolute atomic E-state index is 0.0616. The maximum Gasteiger partial charge on any atom is 0.265 e. The summed E-state index contributed by atoms with van der Waals surface area (Å²) in [6.07, 6.45) is 6.24. The van der Waals surface area contributed by atoms with Crippen molar-refractivity contribution in [2.75, 3.05) is 35.8 Å². The molecule has 4 rings (SSSR count). The predicted molar refractivity (Wildman–Crippen MR) is 122 cm³/mol. The number of amides is 2. The van der Waals surface area contributed by atoms with Crippen LogP contribution in [0.15, 0.2) is 24.4 Å². The van der Waals surface area contributed by atoms with Gasteiger partial charge in [0.1, 0.15) is 11.4 Å². The molecule has 2 heterocycles. The first-order chi connectivity index (χ1) is 15.4. The summed E-state index contributed by atoms with van der Waals surface area (Å²) in [5, 5.41) is 3.19. The molecule has 10 heteroatoms. The molecule has 2 amide bonds. The molecule has 1 fully saturated rings. The third-order valence-corrected chi connectivity index (χ3v) is 6.21. The second kappa shape index (κ2) is 8.99. The number of carbonyl (C=O) groups is 2. The highest BCUT2D eigenvalue weighted by Gasteiger charge is 2.35. The quantitative estimate of drug-likeness (QED) is 0.368. The number of nitrogens with zero attached hydrogens (tertiary/aromatic N) is 4. The molecule has 10 nitrogen and oxygen atoms in total. The Morgan fingerprint density at radius 2 is 2.03 bits per heavy atom. The molecule has 1 unspecified atom stereocenters. The molecule has 2 aromatic rings. The van der Waals surface area contributed by atoms with Gasteiger partial charge in [0.05, 0.1) is 24.9 Å². The lowest BCUT2D eigenvalue weighted by atomic mass is 10.1. The topological polar surface area (TPSA) is 126 Å². The molecule has 1 saturated carbocycles. The molecule has 1 aliphatic carbocycles. The summed E-state index contributed by atoms with van der Waals surface area (Å²) in [7, 11) is 3.29. The number of nitrogen functional groups attached to an aromatic ring is 1. The van der Waals surface area contributed by atoms with Crippen LogP contribution in [0.3, 0.4) is 0 Å². The second-order valence-electron chi connectivity index (χ2n) is 8.30. The fourth-order valence-electron chi connectivity index (χ4n) is 4.46. The van der Waals surface area contributed by atoms with E-state index in [1.165, 1.54) is 20.0 Å². The number of nitrogens with one attached hydrogen (secondary N) is 2. The molecule has 4 N–H and O–H groups in total. The zero-order chi connectivity index (χ0) is 22.8. The van der Waals surface area contributed by atoms with E-state index in [0.29, 0.717) is 41.2 Å². The molecule has 170 valence electrons. The Bertz CT molecular complexity index is 1020. The summed E-state index contributed by atoms with van der Waals surface area (Å²) in [5.74, 6) is 6.34. The molecule has 1 aromatic carbocycles. The fourth-order valence-corrected chi connectivity index (χ4v) is 4.46. The van der Waals surface area contributed by atoms with Gasteiger partial charge in [-0.05, 0) is 31.0 Å². The molecule has 0 spiro atoms. The Kier molecular flexibility index (Phi) is 6.13. The Balaban J connectivity index is 1.70. The van der Waals surface area contributed by atoms with Crippen molar-refractivity contribution in [3.05, 3.63) is 30.0 Å². The van der Waals surface area contributed by atoms with Crippen LogP contribution in [0.2, 0.25) is 0 Å². The highest BCUT2D eigenvalue weighted by atomic mass is 16.5. The van der Waals surface area contributed by atoms with Gasteiger partial charge in [-0.1, -0.05) is 19.8 Å². The third-order valence-electron chi connectivity index (χ3n) is 6.21. The van der Waals surface area contributed by atoms with E-state index in [-0.39, 0.29) is 11.8 Å². The highest BCUT2D eigenvalue weighted by molar-refractivity contribution is 5.99. The van der Waals surface area contributed by atoms with Gasteiger partial charge in [-0.15, -0.1) is 0 Å². The van der Waals surface area contributed by atoms with Gasteiger partial charge in [-0.25, -0.2) is 10.8 Å². The van der Waals surface area contributed by atoms with Crippen molar-refractivity contribution < 1.29 is 14.3 Å². The molecule has 1 aliphatic heterocycles. The standard InChI is InChI=1S/C22H29N7O3/c1-13-12-29(15-6-4-5-7-15)19-17(28(2)21(13)31)11-24-22(26-19)25-16-9-8-14(20(30)27-23)10-18(16)32-3/h8-11,13,15H,4-7,12,23H2,1-3H3,(H,27,30)(H,24,25,26). The van der Waals surface area contributed by atoms with E-state index in [1.807, 2.05) is 6.92 Å². The first-order valence-electron chi connectivity index (χ1n) is 10.8. The minimum Gasteiger partial charge on any atom is -0.495 e. The van der Waals surface area contributed by atoms with E-state index in [1.54, 1.807) is 36.3 Å². The summed E-state index contributed by atoms with van der Waals surface area (Å²) in [6, 6.07) is 5.30. The van der Waals surface area contributed by atoms with Crippen LogP contribution >= 0.6 is 0 Å². The Labute approximate surface area is 187 Å². The monoisotopic (exact) mass is 439 g/mol. The number of carbonyl (C=O) groups excluding carboxylic acids is 2. The molecule has 0 bridgehead atoms. The van der Waals surface area contributed by atoms with Crippen molar-refractivity contribution in [2.45, 2.75) is 38.6 Å². The van der Waals surface area contributed by atoms with Gasteiger partial charge in [0.2, 0.25) is 11.9 Å². The summed E-state index contributed by atoms with van der Waals surface area (Å²) >= 11 is 0. The minimum atomic E-state index is -0.412. The number of ether oxygens (including phenoxy) is 1. The fraction of sp³-hybridized carbons (Fsp3) is 0.455. The molecule has 2 aliphatic rings. The van der Waals surface area contributed by atoms with Gasteiger partial charge in [0.25, 0.3) is 5.91 Å². The average Bonchev–Trinajstić information content (AvgIpc) is 3.33. The number of hydrogen-bond donors (Lipinski definition) is 3. The van der Waals surface area contributed by atoms with Crippen molar-refractivity contribution >= 4 is 35.0 Å². The zero-order valence-electron chi connectivity index (χ0n) is 18.6. The van der Waals surface area contributed by atoms with Gasteiger partial charge in [0.15, 0.2) is 5.82 Å². The van der Waals surface area contributed by atoms with Crippen LogP contribution in [0.4, 0.5) is 23.1 Å². The van der Waals surface area contributed by atoms with Crippen molar-refractivity contribution in [3.63, 3.8) is 0 Å². The van der Waals surface area contributed by atoms with Crippen LogP contribution in [0.25, 0.3) is 0 Å². The van der Waals surface area contributed by atoms with Crippen molar-refractivity contribution in [1.82, 2.24) is 15.4 Å². The van der Waals surface area contributed by atoms with Gasteiger partial charge >= 0.3 is 0 Å².